The van der Waals surface area contributed by atoms with E-state index in [-0.39, 0.29) is 12.1 Å². The van der Waals surface area contributed by atoms with Crippen molar-refractivity contribution in [1.82, 2.24) is 4.90 Å². The van der Waals surface area contributed by atoms with Crippen molar-refractivity contribution in [2.45, 2.75) is 59.5 Å². The quantitative estimate of drug-likeness (QED) is 0.693. The lowest BCUT2D eigenvalue weighted by atomic mass is 9.82. The fraction of sp³-hybridized carbons (Fsp3) is 0.929. The van der Waals surface area contributed by atoms with Crippen molar-refractivity contribution < 1.29 is 9.53 Å². The first-order valence-electron chi connectivity index (χ1n) is 6.81. The zero-order chi connectivity index (χ0) is 12.9. The monoisotopic (exact) mass is 241 g/mol. The van der Waals surface area contributed by atoms with Gasteiger partial charge in [-0.25, -0.2) is 0 Å². The molecule has 1 aliphatic rings. The highest BCUT2D eigenvalue weighted by molar-refractivity contribution is 5.69. The van der Waals surface area contributed by atoms with Crippen LogP contribution in [-0.4, -0.2) is 36.6 Å². The summed E-state index contributed by atoms with van der Waals surface area (Å²) in [5, 5.41) is 0. The predicted octanol–water partition coefficient (Wildman–Crippen LogP) is 2.84. The Hall–Kier alpha value is -0.570. The standard InChI is InChI=1S/C14H27NO2/c1-12(2)17-13(16)6-5-9-15-10-7-14(3,4)8-11-15/h12H,5-11H2,1-4H3. The van der Waals surface area contributed by atoms with Crippen molar-refractivity contribution in [3.8, 4) is 0 Å². The fourth-order valence-corrected chi connectivity index (χ4v) is 2.15. The number of carbonyl (C=O) groups is 1. The van der Waals surface area contributed by atoms with E-state index in [0.29, 0.717) is 11.8 Å². The van der Waals surface area contributed by atoms with Crippen LogP contribution in [0.2, 0.25) is 0 Å². The van der Waals surface area contributed by atoms with Gasteiger partial charge in [-0.05, 0) is 58.2 Å². The molecule has 0 bridgehead atoms. The Morgan fingerprint density at radius 3 is 2.41 bits per heavy atom. The number of ether oxygens (including phenoxy) is 1. The van der Waals surface area contributed by atoms with Crippen molar-refractivity contribution in [2.75, 3.05) is 19.6 Å². The highest BCUT2D eigenvalue weighted by atomic mass is 16.5. The van der Waals surface area contributed by atoms with Gasteiger partial charge in [0, 0.05) is 6.42 Å². The van der Waals surface area contributed by atoms with Gasteiger partial charge in [0.15, 0.2) is 0 Å². The minimum Gasteiger partial charge on any atom is -0.463 e. The van der Waals surface area contributed by atoms with Gasteiger partial charge in [-0.3, -0.25) is 4.79 Å². The molecule has 1 saturated heterocycles. The lowest BCUT2D eigenvalue weighted by Gasteiger charge is -2.36. The van der Waals surface area contributed by atoms with Crippen molar-refractivity contribution >= 4 is 5.97 Å². The summed E-state index contributed by atoms with van der Waals surface area (Å²) in [7, 11) is 0. The number of rotatable bonds is 5. The maximum atomic E-state index is 11.4. The van der Waals surface area contributed by atoms with Crippen LogP contribution in [0.4, 0.5) is 0 Å². The van der Waals surface area contributed by atoms with Gasteiger partial charge in [0.1, 0.15) is 0 Å². The van der Waals surface area contributed by atoms with E-state index in [1.807, 2.05) is 13.8 Å². The Kier molecular flexibility index (Phi) is 5.44. The van der Waals surface area contributed by atoms with Crippen molar-refractivity contribution in [3.05, 3.63) is 0 Å². The van der Waals surface area contributed by atoms with Crippen LogP contribution in [0.3, 0.4) is 0 Å². The van der Waals surface area contributed by atoms with Crippen LogP contribution in [0.25, 0.3) is 0 Å². The van der Waals surface area contributed by atoms with Crippen LogP contribution in [-0.2, 0) is 9.53 Å². The average Bonchev–Trinajstić information content (AvgIpc) is 2.19. The van der Waals surface area contributed by atoms with E-state index in [9.17, 15) is 4.79 Å². The molecule has 0 aromatic heterocycles. The minimum atomic E-state index is -0.0580. The van der Waals surface area contributed by atoms with E-state index in [1.54, 1.807) is 0 Å². The third kappa shape index (κ3) is 6.06. The minimum absolute atomic E-state index is 0.0123. The molecule has 0 aliphatic carbocycles. The summed E-state index contributed by atoms with van der Waals surface area (Å²) in [5.41, 5.74) is 0.507. The molecule has 0 aromatic rings. The second-order valence-electron chi connectivity index (χ2n) is 6.15. The Morgan fingerprint density at radius 1 is 1.29 bits per heavy atom. The average molecular weight is 241 g/mol. The van der Waals surface area contributed by atoms with E-state index in [0.717, 1.165) is 13.0 Å². The third-order valence-electron chi connectivity index (χ3n) is 3.43. The summed E-state index contributed by atoms with van der Waals surface area (Å²) in [6.07, 6.45) is 4.02. The fourth-order valence-electron chi connectivity index (χ4n) is 2.15. The third-order valence-corrected chi connectivity index (χ3v) is 3.43. The van der Waals surface area contributed by atoms with Crippen LogP contribution in [0.5, 0.6) is 0 Å². The molecule has 1 fully saturated rings. The van der Waals surface area contributed by atoms with Gasteiger partial charge < -0.3 is 9.64 Å². The Bertz CT molecular complexity index is 239. The van der Waals surface area contributed by atoms with Crippen LogP contribution in [0.1, 0.15) is 53.4 Å². The van der Waals surface area contributed by atoms with Gasteiger partial charge in [-0.2, -0.15) is 0 Å². The molecule has 0 N–H and O–H groups in total. The first kappa shape index (κ1) is 14.5. The van der Waals surface area contributed by atoms with Crippen LogP contribution in [0, 0.1) is 5.41 Å². The number of hydrogen-bond donors (Lipinski definition) is 0. The summed E-state index contributed by atoms with van der Waals surface area (Å²) in [6.45, 7) is 11.8. The van der Waals surface area contributed by atoms with Crippen molar-refractivity contribution in [3.63, 3.8) is 0 Å². The molecule has 0 atom stereocenters. The van der Waals surface area contributed by atoms with Crippen LogP contribution >= 0.6 is 0 Å². The molecule has 1 rings (SSSR count). The molecular weight excluding hydrogens is 214 g/mol. The number of hydrogen-bond acceptors (Lipinski definition) is 3. The highest BCUT2D eigenvalue weighted by Crippen LogP contribution is 2.29. The Balaban J connectivity index is 2.10. The first-order chi connectivity index (χ1) is 7.89. The summed E-state index contributed by atoms with van der Waals surface area (Å²) < 4.78 is 5.12. The van der Waals surface area contributed by atoms with E-state index >= 15 is 0 Å². The van der Waals surface area contributed by atoms with Gasteiger partial charge in [0.25, 0.3) is 0 Å². The molecule has 0 spiro atoms. The largest absolute Gasteiger partial charge is 0.463 e. The Labute approximate surface area is 106 Å². The summed E-state index contributed by atoms with van der Waals surface area (Å²) >= 11 is 0. The first-order valence-corrected chi connectivity index (χ1v) is 6.81. The molecule has 100 valence electrons. The molecule has 3 heteroatoms. The molecule has 1 heterocycles. The van der Waals surface area contributed by atoms with E-state index in [4.69, 9.17) is 4.74 Å². The van der Waals surface area contributed by atoms with Gasteiger partial charge >= 0.3 is 5.97 Å². The number of esters is 1. The molecule has 3 nitrogen and oxygen atoms in total. The summed E-state index contributed by atoms with van der Waals surface area (Å²) in [6, 6.07) is 0. The topological polar surface area (TPSA) is 29.5 Å². The maximum absolute atomic E-state index is 11.4. The predicted molar refractivity (Wildman–Crippen MR) is 69.9 cm³/mol. The number of nitrogens with zero attached hydrogens (tertiary/aromatic N) is 1. The zero-order valence-electron chi connectivity index (χ0n) is 11.8. The molecule has 17 heavy (non-hydrogen) atoms. The Morgan fingerprint density at radius 2 is 1.88 bits per heavy atom. The molecule has 1 aliphatic heterocycles. The number of carbonyl (C=O) groups excluding carboxylic acids is 1. The molecule has 0 unspecified atom stereocenters. The zero-order valence-corrected chi connectivity index (χ0v) is 11.8. The normalized spacial score (nSPS) is 20.5. The van der Waals surface area contributed by atoms with Gasteiger partial charge in [0.2, 0.25) is 0 Å². The summed E-state index contributed by atoms with van der Waals surface area (Å²) in [4.78, 5) is 13.8. The van der Waals surface area contributed by atoms with Crippen molar-refractivity contribution in [1.29, 1.82) is 0 Å². The van der Waals surface area contributed by atoms with Gasteiger partial charge in [-0.1, -0.05) is 13.8 Å². The second-order valence-corrected chi connectivity index (χ2v) is 6.15. The van der Waals surface area contributed by atoms with Crippen LogP contribution in [0.15, 0.2) is 0 Å². The highest BCUT2D eigenvalue weighted by Gasteiger charge is 2.24. The lowest BCUT2D eigenvalue weighted by Crippen LogP contribution is -2.37. The summed E-state index contributed by atoms with van der Waals surface area (Å²) in [5.74, 6) is -0.0580. The smallest absolute Gasteiger partial charge is 0.306 e. The van der Waals surface area contributed by atoms with E-state index in [2.05, 4.69) is 18.7 Å². The van der Waals surface area contributed by atoms with E-state index in [1.165, 1.54) is 25.9 Å². The van der Waals surface area contributed by atoms with Gasteiger partial charge in [0.05, 0.1) is 6.10 Å². The van der Waals surface area contributed by atoms with Crippen molar-refractivity contribution in [2.24, 2.45) is 5.41 Å². The van der Waals surface area contributed by atoms with Gasteiger partial charge in [-0.15, -0.1) is 0 Å². The van der Waals surface area contributed by atoms with Crippen LogP contribution < -0.4 is 0 Å². The maximum Gasteiger partial charge on any atom is 0.306 e. The molecular formula is C14H27NO2. The molecule has 0 saturated carbocycles. The molecule has 0 amide bonds. The second kappa shape index (κ2) is 6.39. The lowest BCUT2D eigenvalue weighted by molar-refractivity contribution is -0.147. The number of likely N-dealkylation sites (tertiary alicyclic amines) is 1. The molecule has 0 aromatic carbocycles. The molecule has 0 radical (unpaired) electrons. The SMILES string of the molecule is CC(C)OC(=O)CCCN1CCC(C)(C)CC1. The van der Waals surface area contributed by atoms with E-state index < -0.39 is 0 Å². The number of piperidine rings is 1.